The van der Waals surface area contributed by atoms with Crippen molar-refractivity contribution in [1.29, 1.82) is 0 Å². The third-order valence-corrected chi connectivity index (χ3v) is 8.96. The normalized spacial score (nSPS) is 11.9. The number of esters is 1. The van der Waals surface area contributed by atoms with Crippen molar-refractivity contribution in [3.8, 4) is 11.5 Å². The number of carbonyl (C=O) groups excluding carboxylic acids is 1. The van der Waals surface area contributed by atoms with Crippen molar-refractivity contribution in [3.63, 3.8) is 0 Å². The van der Waals surface area contributed by atoms with Crippen molar-refractivity contribution in [2.75, 3.05) is 26.0 Å². The summed E-state index contributed by atoms with van der Waals surface area (Å²) in [6.07, 6.45) is -0.653. The molecular formula is C26H30NO8PS. The summed E-state index contributed by atoms with van der Waals surface area (Å²) in [5.41, 5.74) is 0.744. The van der Waals surface area contributed by atoms with Gasteiger partial charge in [0.25, 0.3) is 0 Å². The van der Waals surface area contributed by atoms with Crippen LogP contribution < -0.4 is 4.74 Å². The summed E-state index contributed by atoms with van der Waals surface area (Å²) in [4.78, 5) is 12.5. The van der Waals surface area contributed by atoms with Gasteiger partial charge >= 0.3 is 13.6 Å². The Hall–Kier alpha value is -3.01. The fraction of sp³-hybridized carbons (Fsp3) is 0.269. The van der Waals surface area contributed by atoms with Crippen LogP contribution in [0.5, 0.6) is 11.5 Å². The molecule has 0 amide bonds. The van der Waals surface area contributed by atoms with Crippen LogP contribution in [0.2, 0.25) is 0 Å². The molecule has 9 nitrogen and oxygen atoms in total. The Morgan fingerprint density at radius 1 is 0.811 bits per heavy atom. The molecule has 0 aromatic heterocycles. The van der Waals surface area contributed by atoms with E-state index in [0.717, 1.165) is 9.87 Å². The number of hydrogen-bond donors (Lipinski definition) is 0. The van der Waals surface area contributed by atoms with Gasteiger partial charge in [-0.25, -0.2) is 8.42 Å². The Labute approximate surface area is 217 Å². The van der Waals surface area contributed by atoms with Gasteiger partial charge in [0.1, 0.15) is 30.9 Å². The molecule has 0 atom stereocenters. The minimum atomic E-state index is -4.29. The summed E-state index contributed by atoms with van der Waals surface area (Å²) in [5, 5.41) is 0. The molecule has 0 saturated carbocycles. The minimum Gasteiger partial charge on any atom is -0.460 e. The second kappa shape index (κ2) is 13.5. The molecule has 3 rings (SSSR count). The van der Waals surface area contributed by atoms with Gasteiger partial charge in [0.15, 0.2) is 0 Å². The van der Waals surface area contributed by atoms with E-state index >= 15 is 0 Å². The second-order valence-corrected chi connectivity index (χ2v) is 11.7. The highest BCUT2D eigenvalue weighted by Crippen LogP contribution is 2.49. The lowest BCUT2D eigenvalue weighted by molar-refractivity contribution is -0.145. The van der Waals surface area contributed by atoms with Crippen LogP contribution in [0, 0.1) is 0 Å². The fourth-order valence-electron chi connectivity index (χ4n) is 3.30. The zero-order valence-electron chi connectivity index (χ0n) is 20.7. The van der Waals surface area contributed by atoms with Crippen molar-refractivity contribution in [2.45, 2.75) is 25.3 Å². The van der Waals surface area contributed by atoms with Crippen LogP contribution in [-0.4, -0.2) is 44.7 Å². The first-order valence-corrected chi connectivity index (χ1v) is 14.8. The third-order valence-electron chi connectivity index (χ3n) is 4.97. The number of para-hydroxylation sites is 1. The highest BCUT2D eigenvalue weighted by Gasteiger charge is 2.36. The summed E-state index contributed by atoms with van der Waals surface area (Å²) in [7, 11) is -8.16. The van der Waals surface area contributed by atoms with E-state index in [0.29, 0.717) is 11.5 Å². The smallest absolute Gasteiger partial charge is 0.345 e. The van der Waals surface area contributed by atoms with Gasteiger partial charge in [-0.2, -0.15) is 4.31 Å². The van der Waals surface area contributed by atoms with Crippen LogP contribution in [0.25, 0.3) is 0 Å². The molecule has 0 heterocycles. The van der Waals surface area contributed by atoms with E-state index in [1.807, 2.05) is 24.3 Å². The molecule has 0 fully saturated rings. The van der Waals surface area contributed by atoms with Crippen LogP contribution in [-0.2, 0) is 39.8 Å². The van der Waals surface area contributed by atoms with Crippen molar-refractivity contribution in [2.24, 2.45) is 0 Å². The van der Waals surface area contributed by atoms with Gasteiger partial charge < -0.3 is 18.5 Å². The zero-order chi connectivity index (χ0) is 26.7. The van der Waals surface area contributed by atoms with Gasteiger partial charge in [-0.3, -0.25) is 9.36 Å². The molecule has 0 bridgehead atoms. The lowest BCUT2D eigenvalue weighted by atomic mass is 10.2. The van der Waals surface area contributed by atoms with E-state index in [-0.39, 0.29) is 24.7 Å². The molecule has 3 aromatic carbocycles. The standard InChI is InChI=1S/C26H30NO8PS/c1-3-33-36(29,34-4-2)21-27(19-26(28)32-20-22-11-7-5-8-12-22)37(30,31)25-17-15-24(16-18-25)35-23-13-9-6-10-14-23/h5-18H,3-4,19-21H2,1-2H3. The molecule has 37 heavy (non-hydrogen) atoms. The van der Waals surface area contributed by atoms with Gasteiger partial charge in [0.2, 0.25) is 10.0 Å². The third kappa shape index (κ3) is 8.52. The van der Waals surface area contributed by atoms with Crippen LogP contribution in [0.4, 0.5) is 0 Å². The van der Waals surface area contributed by atoms with Gasteiger partial charge in [0.05, 0.1) is 18.1 Å². The number of ether oxygens (including phenoxy) is 2. The summed E-state index contributed by atoms with van der Waals surface area (Å²) >= 11 is 0. The summed E-state index contributed by atoms with van der Waals surface area (Å²) < 4.78 is 62.6. The maximum absolute atomic E-state index is 13.5. The number of sulfonamides is 1. The first kappa shape index (κ1) is 28.6. The highest BCUT2D eigenvalue weighted by atomic mass is 32.2. The van der Waals surface area contributed by atoms with E-state index < -0.39 is 36.4 Å². The number of benzene rings is 3. The van der Waals surface area contributed by atoms with E-state index in [4.69, 9.17) is 18.5 Å². The molecule has 0 aliphatic carbocycles. The van der Waals surface area contributed by atoms with Crippen molar-refractivity contribution in [3.05, 3.63) is 90.5 Å². The summed E-state index contributed by atoms with van der Waals surface area (Å²) in [6.45, 7) is 2.59. The Morgan fingerprint density at radius 2 is 1.35 bits per heavy atom. The number of rotatable bonds is 14. The summed E-state index contributed by atoms with van der Waals surface area (Å²) in [5.74, 6) is 0.208. The van der Waals surface area contributed by atoms with Gasteiger partial charge in [-0.05, 0) is 55.8 Å². The van der Waals surface area contributed by atoms with Crippen LogP contribution in [0.15, 0.2) is 89.8 Å². The first-order chi connectivity index (χ1) is 17.8. The molecule has 198 valence electrons. The maximum Gasteiger partial charge on any atom is 0.345 e. The minimum absolute atomic E-state index is 0.0341. The number of nitrogens with zero attached hydrogens (tertiary/aromatic N) is 1. The molecule has 0 spiro atoms. The Bertz CT molecular complexity index is 1280. The van der Waals surface area contributed by atoms with Crippen LogP contribution >= 0.6 is 7.60 Å². The average molecular weight is 548 g/mol. The Balaban J connectivity index is 1.82. The number of hydrogen-bond acceptors (Lipinski definition) is 8. The van der Waals surface area contributed by atoms with Crippen molar-refractivity contribution >= 4 is 23.6 Å². The van der Waals surface area contributed by atoms with Crippen LogP contribution in [0.1, 0.15) is 19.4 Å². The molecule has 0 aliphatic rings. The van der Waals surface area contributed by atoms with Crippen molar-refractivity contribution < 1.29 is 36.3 Å². The lowest BCUT2D eigenvalue weighted by Crippen LogP contribution is -2.37. The molecule has 0 unspecified atom stereocenters. The predicted octanol–water partition coefficient (Wildman–Crippen LogP) is 5.44. The van der Waals surface area contributed by atoms with E-state index in [9.17, 15) is 17.8 Å². The monoisotopic (exact) mass is 547 g/mol. The molecule has 11 heteroatoms. The average Bonchev–Trinajstić information content (AvgIpc) is 2.89. The molecular weight excluding hydrogens is 517 g/mol. The topological polar surface area (TPSA) is 108 Å². The summed E-state index contributed by atoms with van der Waals surface area (Å²) in [6, 6.07) is 23.7. The van der Waals surface area contributed by atoms with Crippen LogP contribution in [0.3, 0.4) is 0 Å². The second-order valence-electron chi connectivity index (χ2n) is 7.74. The highest BCUT2D eigenvalue weighted by molar-refractivity contribution is 7.89. The largest absolute Gasteiger partial charge is 0.460 e. The SMILES string of the molecule is CCOP(=O)(CN(CC(=O)OCc1ccccc1)S(=O)(=O)c1ccc(Oc2ccccc2)cc1)OCC. The predicted molar refractivity (Wildman–Crippen MR) is 139 cm³/mol. The number of carbonyl (C=O) groups is 1. The van der Waals surface area contributed by atoms with E-state index in [1.54, 1.807) is 50.2 Å². The fourth-order valence-corrected chi connectivity index (χ4v) is 6.89. The van der Waals surface area contributed by atoms with Gasteiger partial charge in [-0.1, -0.05) is 48.5 Å². The quantitative estimate of drug-likeness (QED) is 0.194. The maximum atomic E-state index is 13.5. The molecule has 0 N–H and O–H groups in total. The van der Waals surface area contributed by atoms with E-state index in [2.05, 4.69) is 0 Å². The molecule has 0 radical (unpaired) electrons. The van der Waals surface area contributed by atoms with E-state index in [1.165, 1.54) is 24.3 Å². The Morgan fingerprint density at radius 3 is 1.92 bits per heavy atom. The molecule has 0 aliphatic heterocycles. The lowest BCUT2D eigenvalue weighted by Gasteiger charge is -2.26. The Kier molecular flexibility index (Phi) is 10.4. The molecule has 0 saturated heterocycles. The van der Waals surface area contributed by atoms with Gasteiger partial charge in [0, 0.05) is 0 Å². The van der Waals surface area contributed by atoms with Gasteiger partial charge in [-0.15, -0.1) is 0 Å². The zero-order valence-corrected chi connectivity index (χ0v) is 22.4. The molecule has 3 aromatic rings. The first-order valence-electron chi connectivity index (χ1n) is 11.7. The van der Waals surface area contributed by atoms with Crippen molar-refractivity contribution in [1.82, 2.24) is 4.31 Å².